The molecule has 8 heteroatoms. The van der Waals surface area contributed by atoms with Crippen LogP contribution in [0.4, 0.5) is 13.2 Å². The molecule has 0 atom stereocenters. The number of carbonyl (C=O) groups excluding carboxylic acids is 1. The van der Waals surface area contributed by atoms with E-state index < -0.39 is 23.5 Å². The van der Waals surface area contributed by atoms with E-state index in [2.05, 4.69) is 6.58 Å². The first-order valence-electron chi connectivity index (χ1n) is 7.38. The number of phenols is 1. The molecule has 0 amide bonds. The van der Waals surface area contributed by atoms with Crippen molar-refractivity contribution in [1.82, 2.24) is 4.90 Å². The normalized spacial score (nSPS) is 12.1. The number of hydrogen-bond donors (Lipinski definition) is 2. The lowest BCUT2D eigenvalue weighted by molar-refractivity contribution is -0.138. The number of nitrogens with zero attached hydrogens (tertiary/aromatic N) is 1. The van der Waals surface area contributed by atoms with Crippen LogP contribution >= 0.6 is 0 Å². The first kappa shape index (κ1) is 19.2. The van der Waals surface area contributed by atoms with Crippen molar-refractivity contribution in [3.05, 3.63) is 59.9 Å². The summed E-state index contributed by atoms with van der Waals surface area (Å²) in [5.74, 6) is -1.73. The van der Waals surface area contributed by atoms with Crippen molar-refractivity contribution in [2.75, 3.05) is 14.2 Å². The minimum atomic E-state index is -4.75. The highest BCUT2D eigenvalue weighted by atomic mass is 19.4. The standard InChI is InChI=1S/C18H17F3N2O3/c1-4-23(2)15(9-22)11-5-10-7-14(18(19,20)21)16(24)8-12(10)13(6-11)17(25)26-3/h4-9,24H,1,22H2,2-3H3/b15-9-. The summed E-state index contributed by atoms with van der Waals surface area (Å²) in [6.07, 6.45) is -2.04. The Kier molecular flexibility index (Phi) is 5.15. The van der Waals surface area contributed by atoms with E-state index in [9.17, 15) is 23.1 Å². The highest BCUT2D eigenvalue weighted by Gasteiger charge is 2.34. The number of carbonyl (C=O) groups is 1. The van der Waals surface area contributed by atoms with Gasteiger partial charge in [-0.3, -0.25) is 0 Å². The lowest BCUT2D eigenvalue weighted by Crippen LogP contribution is -2.12. The Bertz CT molecular complexity index is 905. The minimum absolute atomic E-state index is 0.000775. The number of benzene rings is 2. The van der Waals surface area contributed by atoms with E-state index in [1.807, 2.05) is 0 Å². The largest absolute Gasteiger partial charge is 0.507 e. The van der Waals surface area contributed by atoms with E-state index in [-0.39, 0.29) is 16.3 Å². The van der Waals surface area contributed by atoms with Gasteiger partial charge in [0.1, 0.15) is 5.75 Å². The number of aromatic hydroxyl groups is 1. The lowest BCUT2D eigenvalue weighted by Gasteiger charge is -2.20. The molecular weight excluding hydrogens is 349 g/mol. The van der Waals surface area contributed by atoms with Crippen LogP contribution in [0.1, 0.15) is 21.5 Å². The second kappa shape index (κ2) is 6.99. The predicted molar refractivity (Wildman–Crippen MR) is 92.1 cm³/mol. The summed E-state index contributed by atoms with van der Waals surface area (Å²) in [5, 5.41) is 9.98. The van der Waals surface area contributed by atoms with E-state index in [0.717, 1.165) is 19.2 Å². The Labute approximate surface area is 147 Å². The number of nitrogens with two attached hydrogens (primary N) is 1. The molecule has 0 fully saturated rings. The van der Waals surface area contributed by atoms with Crippen LogP contribution in [-0.4, -0.2) is 30.1 Å². The Morgan fingerprint density at radius 1 is 1.31 bits per heavy atom. The molecule has 2 aromatic rings. The van der Waals surface area contributed by atoms with E-state index in [0.29, 0.717) is 11.3 Å². The molecule has 2 aromatic carbocycles. The summed E-state index contributed by atoms with van der Waals surface area (Å²) >= 11 is 0. The summed E-state index contributed by atoms with van der Waals surface area (Å²) < 4.78 is 44.0. The number of rotatable bonds is 4. The first-order valence-corrected chi connectivity index (χ1v) is 7.38. The van der Waals surface area contributed by atoms with Crippen molar-refractivity contribution in [2.45, 2.75) is 6.18 Å². The zero-order chi connectivity index (χ0) is 19.6. The first-order chi connectivity index (χ1) is 12.1. The Balaban J connectivity index is 2.87. The van der Waals surface area contributed by atoms with Gasteiger partial charge in [0.2, 0.25) is 0 Å². The van der Waals surface area contributed by atoms with Crippen LogP contribution in [0.2, 0.25) is 0 Å². The third-order valence-corrected chi connectivity index (χ3v) is 3.89. The van der Waals surface area contributed by atoms with Crippen molar-refractivity contribution in [1.29, 1.82) is 0 Å². The molecule has 26 heavy (non-hydrogen) atoms. The molecule has 0 saturated heterocycles. The van der Waals surface area contributed by atoms with E-state index in [1.165, 1.54) is 24.5 Å². The Hall–Kier alpha value is -3.16. The molecule has 0 aliphatic heterocycles. The fraction of sp³-hybridized carbons (Fsp3) is 0.167. The zero-order valence-corrected chi connectivity index (χ0v) is 14.1. The van der Waals surface area contributed by atoms with Gasteiger partial charge in [0.15, 0.2) is 0 Å². The molecule has 0 aliphatic rings. The van der Waals surface area contributed by atoms with Crippen molar-refractivity contribution >= 4 is 22.4 Å². The third kappa shape index (κ3) is 3.44. The zero-order valence-electron chi connectivity index (χ0n) is 14.1. The van der Waals surface area contributed by atoms with E-state index in [1.54, 1.807) is 11.9 Å². The molecule has 0 heterocycles. The van der Waals surface area contributed by atoms with Gasteiger partial charge in [0, 0.05) is 18.8 Å². The van der Waals surface area contributed by atoms with Gasteiger partial charge < -0.3 is 20.5 Å². The molecule has 2 rings (SSSR count). The third-order valence-electron chi connectivity index (χ3n) is 3.89. The molecule has 0 spiro atoms. The van der Waals surface area contributed by atoms with Gasteiger partial charge >= 0.3 is 12.1 Å². The van der Waals surface area contributed by atoms with E-state index >= 15 is 0 Å². The highest BCUT2D eigenvalue weighted by molar-refractivity contribution is 6.06. The lowest BCUT2D eigenvalue weighted by atomic mass is 9.96. The van der Waals surface area contributed by atoms with Crippen molar-refractivity contribution < 1.29 is 27.8 Å². The molecule has 0 bridgehead atoms. The topological polar surface area (TPSA) is 75.8 Å². The smallest absolute Gasteiger partial charge is 0.419 e. The number of fused-ring (bicyclic) bond motifs is 1. The predicted octanol–water partition coefficient (Wildman–Crippen LogP) is 3.68. The summed E-state index contributed by atoms with van der Waals surface area (Å²) in [7, 11) is 2.80. The van der Waals surface area contributed by atoms with Crippen molar-refractivity contribution in [3.8, 4) is 5.75 Å². The van der Waals surface area contributed by atoms with Crippen molar-refractivity contribution in [3.63, 3.8) is 0 Å². The highest BCUT2D eigenvalue weighted by Crippen LogP contribution is 2.39. The molecule has 0 aromatic heterocycles. The minimum Gasteiger partial charge on any atom is -0.507 e. The molecule has 3 N–H and O–H groups in total. The van der Waals surface area contributed by atoms with Gasteiger partial charge in [-0.1, -0.05) is 6.58 Å². The summed E-state index contributed by atoms with van der Waals surface area (Å²) in [6, 6.07) is 4.55. The second-order valence-corrected chi connectivity index (χ2v) is 5.45. The van der Waals surface area contributed by atoms with Gasteiger partial charge in [0.25, 0.3) is 0 Å². The number of alkyl halides is 3. The molecule has 138 valence electrons. The number of esters is 1. The summed E-state index contributed by atoms with van der Waals surface area (Å²) in [6.45, 7) is 3.61. The van der Waals surface area contributed by atoms with Gasteiger partial charge in [0.05, 0.1) is 23.9 Å². The Morgan fingerprint density at radius 3 is 2.46 bits per heavy atom. The quantitative estimate of drug-likeness (QED) is 0.808. The number of ether oxygens (including phenoxy) is 1. The molecule has 0 unspecified atom stereocenters. The second-order valence-electron chi connectivity index (χ2n) is 5.45. The number of hydrogen-bond acceptors (Lipinski definition) is 5. The van der Waals surface area contributed by atoms with E-state index in [4.69, 9.17) is 10.5 Å². The maximum absolute atomic E-state index is 13.1. The molecule has 0 aliphatic carbocycles. The summed E-state index contributed by atoms with van der Waals surface area (Å²) in [4.78, 5) is 13.7. The number of phenolic OH excluding ortho intramolecular Hbond substituents is 1. The monoisotopic (exact) mass is 366 g/mol. The van der Waals surface area contributed by atoms with Gasteiger partial charge in [-0.15, -0.1) is 0 Å². The molecule has 0 saturated carbocycles. The molecule has 5 nitrogen and oxygen atoms in total. The maximum atomic E-state index is 13.1. The molecular formula is C18H17F3N2O3. The van der Waals surface area contributed by atoms with Crippen LogP contribution in [-0.2, 0) is 10.9 Å². The van der Waals surface area contributed by atoms with Crippen molar-refractivity contribution in [2.24, 2.45) is 5.73 Å². The fourth-order valence-electron chi connectivity index (χ4n) is 2.57. The average Bonchev–Trinajstić information content (AvgIpc) is 2.59. The Morgan fingerprint density at radius 2 is 1.96 bits per heavy atom. The average molecular weight is 366 g/mol. The van der Waals surface area contributed by atoms with Crippen LogP contribution in [0.5, 0.6) is 5.75 Å². The SMILES string of the molecule is C=CN(C)/C(=C\N)c1cc(C(=O)OC)c2cc(O)c(C(F)(F)F)cc2c1. The van der Waals surface area contributed by atoms with Crippen LogP contribution in [0.3, 0.4) is 0 Å². The fourth-order valence-corrected chi connectivity index (χ4v) is 2.57. The van der Waals surface area contributed by atoms with Crippen LogP contribution in [0.15, 0.2) is 43.2 Å². The number of halogens is 3. The van der Waals surface area contributed by atoms with Gasteiger partial charge in [-0.25, -0.2) is 4.79 Å². The maximum Gasteiger partial charge on any atom is 0.419 e. The summed E-state index contributed by atoms with van der Waals surface area (Å²) in [5.41, 5.74) is 5.23. The van der Waals surface area contributed by atoms with Gasteiger partial charge in [-0.2, -0.15) is 13.2 Å². The van der Waals surface area contributed by atoms with Crippen LogP contribution in [0, 0.1) is 0 Å². The van der Waals surface area contributed by atoms with Gasteiger partial charge in [-0.05, 0) is 41.2 Å². The van der Waals surface area contributed by atoms with Crippen LogP contribution in [0.25, 0.3) is 16.5 Å². The number of methoxy groups -OCH3 is 1. The molecule has 0 radical (unpaired) electrons. The van der Waals surface area contributed by atoms with Crippen LogP contribution < -0.4 is 5.73 Å².